The summed E-state index contributed by atoms with van der Waals surface area (Å²) in [5.74, 6) is 0. The van der Waals surface area contributed by atoms with E-state index in [1.807, 2.05) is 0 Å². The van der Waals surface area contributed by atoms with Gasteiger partial charge in [0.05, 0.1) is 12.2 Å². The maximum Gasteiger partial charge on any atom is 0.0730 e. The summed E-state index contributed by atoms with van der Waals surface area (Å²) in [6.07, 6.45) is 0. The zero-order valence-electron chi connectivity index (χ0n) is 13.3. The summed E-state index contributed by atoms with van der Waals surface area (Å²) in [6, 6.07) is 19.8. The van der Waals surface area contributed by atoms with Crippen molar-refractivity contribution in [1.29, 1.82) is 0 Å². The minimum atomic E-state index is -0.127. The highest BCUT2D eigenvalue weighted by atomic mass is 16.5. The molecule has 0 amide bonds. The van der Waals surface area contributed by atoms with Gasteiger partial charge in [0.25, 0.3) is 0 Å². The predicted molar refractivity (Wildman–Crippen MR) is 94.7 cm³/mol. The maximum atomic E-state index is 6.04. The lowest BCUT2D eigenvalue weighted by Gasteiger charge is -2.21. The molecule has 4 aromatic rings. The third-order valence-corrected chi connectivity index (χ3v) is 4.25. The van der Waals surface area contributed by atoms with E-state index in [-0.39, 0.29) is 5.60 Å². The Bertz CT molecular complexity index is 960. The van der Waals surface area contributed by atoms with Crippen LogP contribution in [-0.2, 0) is 11.3 Å². The van der Waals surface area contributed by atoms with Crippen LogP contribution in [0, 0.1) is 0 Å². The minimum absolute atomic E-state index is 0.127. The average molecular weight is 288 g/mol. The molecule has 1 heteroatoms. The van der Waals surface area contributed by atoms with Crippen LogP contribution < -0.4 is 0 Å². The molecule has 0 unspecified atom stereocenters. The van der Waals surface area contributed by atoms with Gasteiger partial charge in [-0.1, -0.05) is 48.5 Å². The molecule has 0 aliphatic heterocycles. The first kappa shape index (κ1) is 13.5. The summed E-state index contributed by atoms with van der Waals surface area (Å²) in [7, 11) is 0. The molecule has 0 radical (unpaired) electrons. The third kappa shape index (κ3) is 2.13. The molecule has 110 valence electrons. The molecule has 4 aromatic carbocycles. The van der Waals surface area contributed by atoms with E-state index < -0.39 is 0 Å². The molecule has 0 N–H and O–H groups in total. The van der Waals surface area contributed by atoms with E-state index in [2.05, 4.69) is 75.4 Å². The van der Waals surface area contributed by atoms with Gasteiger partial charge < -0.3 is 4.74 Å². The third-order valence-electron chi connectivity index (χ3n) is 4.25. The fourth-order valence-electron chi connectivity index (χ4n) is 3.25. The van der Waals surface area contributed by atoms with E-state index in [0.29, 0.717) is 6.61 Å². The molecule has 0 fully saturated rings. The van der Waals surface area contributed by atoms with E-state index >= 15 is 0 Å². The van der Waals surface area contributed by atoms with E-state index in [0.717, 1.165) is 0 Å². The highest BCUT2D eigenvalue weighted by Crippen LogP contribution is 2.36. The molecule has 0 saturated heterocycles. The van der Waals surface area contributed by atoms with Crippen LogP contribution >= 0.6 is 0 Å². The highest BCUT2D eigenvalue weighted by molar-refractivity contribution is 6.23. The second-order valence-electron chi connectivity index (χ2n) is 6.99. The van der Waals surface area contributed by atoms with Gasteiger partial charge in [-0.2, -0.15) is 0 Å². The van der Waals surface area contributed by atoms with Gasteiger partial charge in [0.2, 0.25) is 0 Å². The van der Waals surface area contributed by atoms with Crippen LogP contribution in [0.2, 0.25) is 0 Å². The maximum absolute atomic E-state index is 6.04. The Labute approximate surface area is 130 Å². The fraction of sp³-hybridized carbons (Fsp3) is 0.238. The molecule has 0 saturated carbocycles. The van der Waals surface area contributed by atoms with Crippen molar-refractivity contribution >= 4 is 32.3 Å². The van der Waals surface area contributed by atoms with Gasteiger partial charge in [-0.15, -0.1) is 0 Å². The molecule has 0 spiro atoms. The normalized spacial score (nSPS) is 12.7. The lowest BCUT2D eigenvalue weighted by Crippen LogP contribution is -2.18. The van der Waals surface area contributed by atoms with Crippen molar-refractivity contribution in [3.63, 3.8) is 0 Å². The molecule has 0 atom stereocenters. The van der Waals surface area contributed by atoms with Gasteiger partial charge in [0.15, 0.2) is 0 Å². The second kappa shape index (κ2) is 4.69. The highest BCUT2D eigenvalue weighted by Gasteiger charge is 2.14. The van der Waals surface area contributed by atoms with Crippen LogP contribution in [0.25, 0.3) is 32.3 Å². The summed E-state index contributed by atoms with van der Waals surface area (Å²) < 4.78 is 6.04. The first-order valence-corrected chi connectivity index (χ1v) is 7.82. The van der Waals surface area contributed by atoms with E-state index in [1.54, 1.807) is 0 Å². The van der Waals surface area contributed by atoms with Crippen LogP contribution in [0.3, 0.4) is 0 Å². The van der Waals surface area contributed by atoms with Crippen molar-refractivity contribution in [2.24, 2.45) is 0 Å². The van der Waals surface area contributed by atoms with E-state index in [4.69, 9.17) is 4.74 Å². The predicted octanol–water partition coefficient (Wildman–Crippen LogP) is 5.90. The lowest BCUT2D eigenvalue weighted by atomic mass is 9.91. The summed E-state index contributed by atoms with van der Waals surface area (Å²) in [5, 5.41) is 7.96. The Kier molecular flexibility index (Phi) is 2.88. The fourth-order valence-corrected chi connectivity index (χ4v) is 3.25. The summed E-state index contributed by atoms with van der Waals surface area (Å²) >= 11 is 0. The summed E-state index contributed by atoms with van der Waals surface area (Å²) in [5.41, 5.74) is 1.14. The standard InChI is InChI=1S/C21H20O/c1-21(2,3)22-13-17-12-16-8-4-6-14-10-11-15-7-5-9-18(17)20(15)19(14)16/h4-12H,13H2,1-3H3. The molecule has 0 aliphatic carbocycles. The smallest absolute Gasteiger partial charge is 0.0730 e. The second-order valence-corrected chi connectivity index (χ2v) is 6.99. The van der Waals surface area contributed by atoms with E-state index in [1.165, 1.54) is 37.9 Å². The summed E-state index contributed by atoms with van der Waals surface area (Å²) in [4.78, 5) is 0. The van der Waals surface area contributed by atoms with Crippen molar-refractivity contribution in [3.05, 3.63) is 60.2 Å². The lowest BCUT2D eigenvalue weighted by molar-refractivity contribution is -0.0143. The number of rotatable bonds is 2. The molecule has 0 bridgehead atoms. The zero-order chi connectivity index (χ0) is 15.3. The van der Waals surface area contributed by atoms with Crippen molar-refractivity contribution in [3.8, 4) is 0 Å². The van der Waals surface area contributed by atoms with Crippen molar-refractivity contribution in [2.75, 3.05) is 0 Å². The Morgan fingerprint density at radius 2 is 1.41 bits per heavy atom. The Morgan fingerprint density at radius 3 is 2.14 bits per heavy atom. The minimum Gasteiger partial charge on any atom is -0.371 e. The molecule has 4 rings (SSSR count). The topological polar surface area (TPSA) is 9.23 Å². The molecular weight excluding hydrogens is 268 g/mol. The van der Waals surface area contributed by atoms with Crippen LogP contribution in [-0.4, -0.2) is 5.60 Å². The van der Waals surface area contributed by atoms with Gasteiger partial charge >= 0.3 is 0 Å². The van der Waals surface area contributed by atoms with Gasteiger partial charge in [-0.25, -0.2) is 0 Å². The zero-order valence-corrected chi connectivity index (χ0v) is 13.3. The Hall–Kier alpha value is -2.12. The first-order valence-electron chi connectivity index (χ1n) is 7.82. The quantitative estimate of drug-likeness (QED) is 0.417. The van der Waals surface area contributed by atoms with Crippen LogP contribution in [0.4, 0.5) is 0 Å². The number of benzene rings is 4. The summed E-state index contributed by atoms with van der Waals surface area (Å²) in [6.45, 7) is 6.95. The number of ether oxygens (including phenoxy) is 1. The number of hydrogen-bond donors (Lipinski definition) is 0. The van der Waals surface area contributed by atoms with Crippen molar-refractivity contribution in [1.82, 2.24) is 0 Å². The average Bonchev–Trinajstić information content (AvgIpc) is 2.50. The van der Waals surface area contributed by atoms with Gasteiger partial charge in [-0.05, 0) is 64.7 Å². The molecule has 0 aromatic heterocycles. The molecule has 22 heavy (non-hydrogen) atoms. The van der Waals surface area contributed by atoms with E-state index in [9.17, 15) is 0 Å². The SMILES string of the molecule is CC(C)(C)OCc1cc2cccc3ccc4cccc1c4c32. The van der Waals surface area contributed by atoms with Crippen LogP contribution in [0.5, 0.6) is 0 Å². The monoisotopic (exact) mass is 288 g/mol. The largest absolute Gasteiger partial charge is 0.371 e. The van der Waals surface area contributed by atoms with Crippen molar-refractivity contribution in [2.45, 2.75) is 33.0 Å². The molecule has 0 heterocycles. The van der Waals surface area contributed by atoms with Gasteiger partial charge in [0, 0.05) is 0 Å². The van der Waals surface area contributed by atoms with Gasteiger partial charge in [-0.3, -0.25) is 0 Å². The first-order chi connectivity index (χ1) is 10.5. The molecule has 1 nitrogen and oxygen atoms in total. The molecular formula is C21H20O. The van der Waals surface area contributed by atoms with Crippen LogP contribution in [0.1, 0.15) is 26.3 Å². The van der Waals surface area contributed by atoms with Crippen molar-refractivity contribution < 1.29 is 4.74 Å². The Balaban J connectivity index is 2.04. The Morgan fingerprint density at radius 1 is 0.773 bits per heavy atom. The number of hydrogen-bond acceptors (Lipinski definition) is 1. The molecule has 0 aliphatic rings. The van der Waals surface area contributed by atoms with Gasteiger partial charge in [0.1, 0.15) is 0 Å². The van der Waals surface area contributed by atoms with Crippen LogP contribution in [0.15, 0.2) is 54.6 Å².